The van der Waals surface area contributed by atoms with Crippen LogP contribution in [0.3, 0.4) is 0 Å². The van der Waals surface area contributed by atoms with E-state index in [1.165, 1.54) is 11.3 Å². The van der Waals surface area contributed by atoms with Crippen LogP contribution >= 0.6 is 0 Å². The van der Waals surface area contributed by atoms with Gasteiger partial charge < -0.3 is 15.0 Å². The van der Waals surface area contributed by atoms with Crippen molar-refractivity contribution in [2.75, 3.05) is 11.4 Å². The first kappa shape index (κ1) is 18.6. The molecule has 1 aromatic carbocycles. The monoisotopic (exact) mass is 332 g/mol. The summed E-state index contributed by atoms with van der Waals surface area (Å²) in [6.45, 7) is 11.1. The zero-order valence-corrected chi connectivity index (χ0v) is 15.8. The Morgan fingerprint density at radius 2 is 1.83 bits per heavy atom. The summed E-state index contributed by atoms with van der Waals surface area (Å²) in [6, 6.07) is 9.37. The smallest absolute Gasteiger partial charge is 0.407 e. The fourth-order valence-electron chi connectivity index (χ4n) is 3.52. The number of hydrogen-bond donors (Lipinski definition) is 1. The first-order valence-corrected chi connectivity index (χ1v) is 9.12. The van der Waals surface area contributed by atoms with Crippen molar-refractivity contribution in [2.24, 2.45) is 0 Å². The molecule has 1 aliphatic carbocycles. The minimum Gasteiger partial charge on any atom is -0.444 e. The number of rotatable bonds is 4. The molecule has 0 atom stereocenters. The molecule has 4 heteroatoms. The number of carbonyl (C=O) groups excluding carboxylic acids is 1. The number of carbonyl (C=O) groups is 1. The Morgan fingerprint density at radius 1 is 1.21 bits per heavy atom. The van der Waals surface area contributed by atoms with Crippen molar-refractivity contribution in [1.82, 2.24) is 5.32 Å². The standard InChI is InChI=1S/C20H32N2O2/c1-6-22(18-10-8-7-9-15(18)2)17-13-11-16(12-14-17)21-19(23)24-20(3,4)5/h7-10,16-17H,6,11-14H2,1-5H3,(H,21,23). The van der Waals surface area contributed by atoms with Crippen LogP contribution in [0.2, 0.25) is 0 Å². The van der Waals surface area contributed by atoms with Gasteiger partial charge in [-0.2, -0.15) is 0 Å². The van der Waals surface area contributed by atoms with Gasteiger partial charge in [0.05, 0.1) is 0 Å². The molecule has 24 heavy (non-hydrogen) atoms. The third kappa shape index (κ3) is 5.15. The number of nitrogens with one attached hydrogen (secondary N) is 1. The number of benzene rings is 1. The summed E-state index contributed by atoms with van der Waals surface area (Å²) in [6.07, 6.45) is 3.92. The van der Waals surface area contributed by atoms with Gasteiger partial charge in [0, 0.05) is 24.3 Å². The lowest BCUT2D eigenvalue weighted by Gasteiger charge is -2.38. The fourth-order valence-corrected chi connectivity index (χ4v) is 3.52. The van der Waals surface area contributed by atoms with Crippen LogP contribution in [0.25, 0.3) is 0 Å². The van der Waals surface area contributed by atoms with Crippen LogP contribution in [-0.4, -0.2) is 30.3 Å². The zero-order chi connectivity index (χ0) is 17.7. The molecular formula is C20H32N2O2. The van der Waals surface area contributed by atoms with Crippen LogP contribution in [0.15, 0.2) is 24.3 Å². The highest BCUT2D eigenvalue weighted by atomic mass is 16.6. The second-order valence-electron chi connectivity index (χ2n) is 7.72. The molecule has 2 rings (SSSR count). The number of hydrogen-bond acceptors (Lipinski definition) is 3. The van der Waals surface area contributed by atoms with E-state index in [4.69, 9.17) is 4.74 Å². The van der Waals surface area contributed by atoms with E-state index < -0.39 is 5.60 Å². The largest absolute Gasteiger partial charge is 0.444 e. The van der Waals surface area contributed by atoms with Gasteiger partial charge in [-0.05, 0) is 71.9 Å². The minimum absolute atomic E-state index is 0.228. The lowest BCUT2D eigenvalue weighted by atomic mass is 9.89. The first-order chi connectivity index (χ1) is 11.3. The van der Waals surface area contributed by atoms with E-state index in [0.717, 1.165) is 32.2 Å². The van der Waals surface area contributed by atoms with E-state index in [1.807, 2.05) is 20.8 Å². The Kier molecular flexibility index (Phi) is 6.14. The predicted molar refractivity (Wildman–Crippen MR) is 99.6 cm³/mol. The SMILES string of the molecule is CCN(c1ccccc1C)C1CCC(NC(=O)OC(C)(C)C)CC1. The molecule has 0 radical (unpaired) electrons. The maximum absolute atomic E-state index is 11.9. The highest BCUT2D eigenvalue weighted by Crippen LogP contribution is 2.29. The predicted octanol–water partition coefficient (Wildman–Crippen LogP) is 4.66. The molecule has 1 amide bonds. The fraction of sp³-hybridized carbons (Fsp3) is 0.650. The Morgan fingerprint density at radius 3 is 2.38 bits per heavy atom. The van der Waals surface area contributed by atoms with Crippen LogP contribution in [0.5, 0.6) is 0 Å². The van der Waals surface area contributed by atoms with Gasteiger partial charge in [0.25, 0.3) is 0 Å². The maximum Gasteiger partial charge on any atom is 0.407 e. The van der Waals surface area contributed by atoms with Crippen molar-refractivity contribution in [3.8, 4) is 0 Å². The first-order valence-electron chi connectivity index (χ1n) is 9.12. The van der Waals surface area contributed by atoms with Crippen molar-refractivity contribution in [1.29, 1.82) is 0 Å². The third-order valence-electron chi connectivity index (χ3n) is 4.62. The van der Waals surface area contributed by atoms with E-state index in [1.54, 1.807) is 0 Å². The summed E-state index contributed by atoms with van der Waals surface area (Å²) in [5, 5.41) is 3.02. The van der Waals surface area contributed by atoms with Crippen molar-refractivity contribution < 1.29 is 9.53 Å². The van der Waals surface area contributed by atoms with Crippen LogP contribution in [-0.2, 0) is 4.74 Å². The van der Waals surface area contributed by atoms with Gasteiger partial charge in [-0.15, -0.1) is 0 Å². The topological polar surface area (TPSA) is 41.6 Å². The van der Waals surface area contributed by atoms with E-state index in [2.05, 4.69) is 48.3 Å². The number of ether oxygens (including phenoxy) is 1. The molecule has 1 saturated carbocycles. The highest BCUT2D eigenvalue weighted by molar-refractivity contribution is 5.68. The van der Waals surface area contributed by atoms with Crippen molar-refractivity contribution in [3.63, 3.8) is 0 Å². The van der Waals surface area contributed by atoms with Gasteiger partial charge in [-0.1, -0.05) is 18.2 Å². The molecule has 134 valence electrons. The lowest BCUT2D eigenvalue weighted by molar-refractivity contribution is 0.0491. The van der Waals surface area contributed by atoms with Crippen LogP contribution in [0.4, 0.5) is 10.5 Å². The summed E-state index contributed by atoms with van der Waals surface area (Å²) in [4.78, 5) is 14.4. The molecule has 0 saturated heterocycles. The third-order valence-corrected chi connectivity index (χ3v) is 4.62. The Balaban J connectivity index is 1.90. The molecule has 1 aliphatic rings. The summed E-state index contributed by atoms with van der Waals surface area (Å²) in [5.41, 5.74) is 2.22. The second-order valence-corrected chi connectivity index (χ2v) is 7.72. The molecule has 0 heterocycles. The van der Waals surface area contributed by atoms with Crippen LogP contribution in [0, 0.1) is 6.92 Å². The Labute approximate surface area is 146 Å². The molecule has 0 bridgehead atoms. The van der Waals surface area contributed by atoms with Gasteiger partial charge in [0.15, 0.2) is 0 Å². The van der Waals surface area contributed by atoms with E-state index in [9.17, 15) is 4.79 Å². The molecular weight excluding hydrogens is 300 g/mol. The normalized spacial score (nSPS) is 21.2. The average Bonchev–Trinajstić information content (AvgIpc) is 2.49. The van der Waals surface area contributed by atoms with E-state index >= 15 is 0 Å². The number of aryl methyl sites for hydroxylation is 1. The number of para-hydroxylation sites is 1. The molecule has 0 aliphatic heterocycles. The van der Waals surface area contributed by atoms with Gasteiger partial charge in [0.1, 0.15) is 5.60 Å². The molecule has 1 fully saturated rings. The van der Waals surface area contributed by atoms with Crippen LogP contribution in [0.1, 0.15) is 58.9 Å². The Bertz CT molecular complexity index is 543. The lowest BCUT2D eigenvalue weighted by Crippen LogP contribution is -2.45. The Hall–Kier alpha value is -1.71. The van der Waals surface area contributed by atoms with Gasteiger partial charge >= 0.3 is 6.09 Å². The maximum atomic E-state index is 11.9. The van der Waals surface area contributed by atoms with Gasteiger partial charge in [-0.3, -0.25) is 0 Å². The molecule has 1 N–H and O–H groups in total. The quantitative estimate of drug-likeness (QED) is 0.872. The molecule has 0 spiro atoms. The van der Waals surface area contributed by atoms with Crippen molar-refractivity contribution in [2.45, 2.75) is 78.0 Å². The highest BCUT2D eigenvalue weighted by Gasteiger charge is 2.28. The molecule has 0 unspecified atom stereocenters. The van der Waals surface area contributed by atoms with E-state index in [0.29, 0.717) is 6.04 Å². The summed E-state index contributed by atoms with van der Waals surface area (Å²) < 4.78 is 5.36. The van der Waals surface area contributed by atoms with Gasteiger partial charge in [-0.25, -0.2) is 4.79 Å². The molecule has 1 aromatic rings. The number of anilines is 1. The van der Waals surface area contributed by atoms with Crippen LogP contribution < -0.4 is 10.2 Å². The van der Waals surface area contributed by atoms with Crippen molar-refractivity contribution in [3.05, 3.63) is 29.8 Å². The molecule has 0 aromatic heterocycles. The van der Waals surface area contributed by atoms with Crippen molar-refractivity contribution >= 4 is 11.8 Å². The van der Waals surface area contributed by atoms with Gasteiger partial charge in [0.2, 0.25) is 0 Å². The summed E-state index contributed by atoms with van der Waals surface area (Å²) in [7, 11) is 0. The minimum atomic E-state index is -0.439. The molecule has 4 nitrogen and oxygen atoms in total. The summed E-state index contributed by atoms with van der Waals surface area (Å²) in [5.74, 6) is 0. The van der Waals surface area contributed by atoms with E-state index in [-0.39, 0.29) is 12.1 Å². The number of alkyl carbamates (subject to hydrolysis) is 1. The number of nitrogens with zero attached hydrogens (tertiary/aromatic N) is 1. The zero-order valence-electron chi connectivity index (χ0n) is 15.8. The second kappa shape index (κ2) is 7.91. The number of amides is 1. The summed E-state index contributed by atoms with van der Waals surface area (Å²) >= 11 is 0. The average molecular weight is 332 g/mol.